The highest BCUT2D eigenvalue weighted by Gasteiger charge is 2.31. The van der Waals surface area contributed by atoms with Gasteiger partial charge in [0.2, 0.25) is 0 Å². The summed E-state index contributed by atoms with van der Waals surface area (Å²) in [4.78, 5) is 0. The maximum absolute atomic E-state index is 12.1. The van der Waals surface area contributed by atoms with Gasteiger partial charge in [-0.15, -0.1) is 13.2 Å². The summed E-state index contributed by atoms with van der Waals surface area (Å²) in [5, 5.41) is 0.310. The third-order valence-corrected chi connectivity index (χ3v) is 2.34. The van der Waals surface area contributed by atoms with E-state index in [0.29, 0.717) is 10.8 Å². The topological polar surface area (TPSA) is 18.5 Å². The van der Waals surface area contributed by atoms with Crippen LogP contribution in [0, 0.1) is 6.07 Å². The number of alkyl halides is 3. The highest BCUT2D eigenvalue weighted by Crippen LogP contribution is 2.31. The number of hydrogen-bond acceptors (Lipinski definition) is 2. The number of benzene rings is 2. The Morgan fingerprint density at radius 3 is 2.53 bits per heavy atom. The normalized spacial score (nSPS) is 11.2. The lowest BCUT2D eigenvalue weighted by Gasteiger charge is -2.11. The Morgan fingerprint density at radius 1 is 1.11 bits per heavy atom. The predicted octanol–water partition coefficient (Wildman–Crippen LogP) is 4.83. The molecule has 0 spiro atoms. The van der Waals surface area contributed by atoms with E-state index in [4.69, 9.17) is 16.3 Å². The molecule has 2 rings (SSSR count). The van der Waals surface area contributed by atoms with Crippen molar-refractivity contribution >= 4 is 11.6 Å². The van der Waals surface area contributed by atoms with Gasteiger partial charge in [0.05, 0.1) is 5.02 Å². The van der Waals surface area contributed by atoms with E-state index in [0.717, 1.165) is 6.07 Å². The zero-order chi connectivity index (χ0) is 13.9. The van der Waals surface area contributed by atoms with Gasteiger partial charge < -0.3 is 9.47 Å². The first kappa shape index (κ1) is 13.5. The lowest BCUT2D eigenvalue weighted by atomic mass is 10.3. The molecule has 19 heavy (non-hydrogen) atoms. The van der Waals surface area contributed by atoms with Crippen LogP contribution in [0.5, 0.6) is 17.2 Å². The summed E-state index contributed by atoms with van der Waals surface area (Å²) in [7, 11) is 0. The Morgan fingerprint density at radius 2 is 1.84 bits per heavy atom. The molecule has 0 unspecified atom stereocenters. The van der Waals surface area contributed by atoms with Crippen molar-refractivity contribution in [3.8, 4) is 17.2 Å². The molecule has 2 nitrogen and oxygen atoms in total. The van der Waals surface area contributed by atoms with Crippen LogP contribution in [0.15, 0.2) is 42.5 Å². The summed E-state index contributed by atoms with van der Waals surface area (Å²) in [6.07, 6.45) is -4.74. The van der Waals surface area contributed by atoms with Crippen LogP contribution in [0.25, 0.3) is 0 Å². The van der Waals surface area contributed by atoms with E-state index in [9.17, 15) is 13.2 Å². The standard InChI is InChI=1S/C13H7ClF3O2/c14-11-6-1-2-7-12(11)18-9-4-3-5-10(8-9)19-13(15,16)17/h2-8H. The van der Waals surface area contributed by atoms with Crippen molar-refractivity contribution < 1.29 is 22.6 Å². The average Bonchev–Trinajstić information content (AvgIpc) is 2.30. The summed E-state index contributed by atoms with van der Waals surface area (Å²) in [6, 6.07) is 12.6. The van der Waals surface area contributed by atoms with Gasteiger partial charge in [-0.25, -0.2) is 0 Å². The molecule has 0 atom stereocenters. The fraction of sp³-hybridized carbons (Fsp3) is 0.0769. The molecule has 0 fully saturated rings. The van der Waals surface area contributed by atoms with Crippen molar-refractivity contribution in [1.82, 2.24) is 0 Å². The van der Waals surface area contributed by atoms with E-state index in [2.05, 4.69) is 10.8 Å². The maximum Gasteiger partial charge on any atom is 0.573 e. The van der Waals surface area contributed by atoms with E-state index in [1.54, 1.807) is 12.1 Å². The Hall–Kier alpha value is -1.88. The molecule has 0 saturated heterocycles. The van der Waals surface area contributed by atoms with Crippen LogP contribution in [0.2, 0.25) is 5.02 Å². The summed E-state index contributed by atoms with van der Waals surface area (Å²) < 4.78 is 45.4. The first-order chi connectivity index (χ1) is 8.94. The van der Waals surface area contributed by atoms with Crippen LogP contribution in [-0.2, 0) is 0 Å². The van der Waals surface area contributed by atoms with E-state index in [1.807, 2.05) is 0 Å². The molecule has 0 amide bonds. The van der Waals surface area contributed by atoms with Gasteiger partial charge in [0.25, 0.3) is 0 Å². The van der Waals surface area contributed by atoms with Gasteiger partial charge in [-0.3, -0.25) is 0 Å². The number of hydrogen-bond donors (Lipinski definition) is 0. The molecule has 0 heterocycles. The monoisotopic (exact) mass is 287 g/mol. The van der Waals surface area contributed by atoms with Crippen molar-refractivity contribution in [2.24, 2.45) is 0 Å². The Balaban J connectivity index is 2.18. The maximum atomic E-state index is 12.1. The predicted molar refractivity (Wildman–Crippen MR) is 63.5 cm³/mol. The van der Waals surface area contributed by atoms with Crippen LogP contribution in [0.3, 0.4) is 0 Å². The third-order valence-electron chi connectivity index (χ3n) is 2.04. The average molecular weight is 288 g/mol. The molecule has 0 aliphatic heterocycles. The van der Waals surface area contributed by atoms with Crippen LogP contribution in [0.4, 0.5) is 13.2 Å². The fourth-order valence-electron chi connectivity index (χ4n) is 1.34. The van der Waals surface area contributed by atoms with Gasteiger partial charge in [-0.2, -0.15) is 0 Å². The summed E-state index contributed by atoms with van der Waals surface area (Å²) in [5.41, 5.74) is 0. The molecule has 0 aliphatic rings. The molecule has 99 valence electrons. The van der Waals surface area contributed by atoms with E-state index in [1.165, 1.54) is 24.3 Å². The second-order valence-corrected chi connectivity index (χ2v) is 3.89. The molecule has 0 N–H and O–H groups in total. The molecule has 0 aromatic heterocycles. The largest absolute Gasteiger partial charge is 0.573 e. The molecule has 2 aromatic carbocycles. The number of ether oxygens (including phenoxy) is 2. The van der Waals surface area contributed by atoms with Gasteiger partial charge in [0.15, 0.2) is 0 Å². The third kappa shape index (κ3) is 4.06. The number of halogens is 4. The molecule has 2 aromatic rings. The number of rotatable bonds is 3. The van der Waals surface area contributed by atoms with Crippen molar-refractivity contribution in [3.63, 3.8) is 0 Å². The molecule has 0 aliphatic carbocycles. The Bertz CT molecular complexity index is 570. The van der Waals surface area contributed by atoms with Gasteiger partial charge in [0, 0.05) is 6.07 Å². The second-order valence-electron chi connectivity index (χ2n) is 3.48. The summed E-state index contributed by atoms with van der Waals surface area (Å²) in [5.74, 6) is 0.156. The lowest BCUT2D eigenvalue weighted by Crippen LogP contribution is -2.17. The van der Waals surface area contributed by atoms with Gasteiger partial charge in [-0.1, -0.05) is 23.7 Å². The molecule has 1 radical (unpaired) electrons. The Kier molecular flexibility index (Phi) is 3.85. The fourth-order valence-corrected chi connectivity index (χ4v) is 1.50. The highest BCUT2D eigenvalue weighted by atomic mass is 35.5. The van der Waals surface area contributed by atoms with Gasteiger partial charge in [-0.05, 0) is 30.3 Å². The van der Waals surface area contributed by atoms with Crippen molar-refractivity contribution in [2.75, 3.05) is 0 Å². The first-order valence-electron chi connectivity index (χ1n) is 5.13. The molecule has 0 bridgehead atoms. The van der Waals surface area contributed by atoms with Crippen LogP contribution < -0.4 is 9.47 Å². The van der Waals surface area contributed by atoms with Crippen molar-refractivity contribution in [2.45, 2.75) is 6.36 Å². The minimum Gasteiger partial charge on any atom is -0.456 e. The molecular formula is C13H7ClF3O2. The van der Waals surface area contributed by atoms with Crippen LogP contribution in [-0.4, -0.2) is 6.36 Å². The zero-order valence-electron chi connectivity index (χ0n) is 9.37. The van der Waals surface area contributed by atoms with Gasteiger partial charge >= 0.3 is 6.36 Å². The SMILES string of the molecule is FC(F)(F)Oc1cccc(Oc2cc[c]cc2Cl)c1. The molecule has 6 heteroatoms. The molecular weight excluding hydrogens is 281 g/mol. The minimum absolute atomic E-state index is 0.190. The summed E-state index contributed by atoms with van der Waals surface area (Å²) >= 11 is 5.85. The van der Waals surface area contributed by atoms with Gasteiger partial charge in [0.1, 0.15) is 17.2 Å². The second kappa shape index (κ2) is 5.40. The Labute approximate surface area is 112 Å². The smallest absolute Gasteiger partial charge is 0.456 e. The van der Waals surface area contributed by atoms with E-state index < -0.39 is 6.36 Å². The quantitative estimate of drug-likeness (QED) is 0.805. The molecule has 0 saturated carbocycles. The first-order valence-corrected chi connectivity index (χ1v) is 5.51. The highest BCUT2D eigenvalue weighted by molar-refractivity contribution is 6.32. The van der Waals surface area contributed by atoms with Crippen LogP contribution in [0.1, 0.15) is 0 Å². The van der Waals surface area contributed by atoms with E-state index in [-0.39, 0.29) is 11.5 Å². The summed E-state index contributed by atoms with van der Waals surface area (Å²) in [6.45, 7) is 0. The van der Waals surface area contributed by atoms with Crippen molar-refractivity contribution in [1.29, 1.82) is 0 Å². The van der Waals surface area contributed by atoms with Crippen LogP contribution >= 0.6 is 11.6 Å². The lowest BCUT2D eigenvalue weighted by molar-refractivity contribution is -0.274. The minimum atomic E-state index is -4.74. The van der Waals surface area contributed by atoms with E-state index >= 15 is 0 Å². The van der Waals surface area contributed by atoms with Crippen molar-refractivity contribution in [3.05, 3.63) is 53.6 Å². The zero-order valence-corrected chi connectivity index (χ0v) is 10.1.